The zero-order valence-corrected chi connectivity index (χ0v) is 14.5. The van der Waals surface area contributed by atoms with Crippen LogP contribution >= 0.6 is 0 Å². The van der Waals surface area contributed by atoms with Gasteiger partial charge in [-0.25, -0.2) is 0 Å². The molecule has 0 fully saturated rings. The van der Waals surface area contributed by atoms with E-state index in [1.54, 1.807) is 24.8 Å². The van der Waals surface area contributed by atoms with Crippen LogP contribution in [0.5, 0.6) is 0 Å². The molecule has 0 aliphatic carbocycles. The van der Waals surface area contributed by atoms with E-state index in [1.165, 1.54) is 0 Å². The summed E-state index contributed by atoms with van der Waals surface area (Å²) in [5.74, 6) is -0.139. The van der Waals surface area contributed by atoms with E-state index < -0.39 is 0 Å². The van der Waals surface area contributed by atoms with Crippen molar-refractivity contribution in [3.8, 4) is 22.3 Å². The second-order valence-corrected chi connectivity index (χ2v) is 6.09. The fraction of sp³-hybridized carbons (Fsp3) is 0. The third-order valence-electron chi connectivity index (χ3n) is 4.28. The Bertz CT molecular complexity index is 1050. The Kier molecular flexibility index (Phi) is 4.70. The van der Waals surface area contributed by atoms with Gasteiger partial charge in [0.1, 0.15) is 0 Å². The van der Waals surface area contributed by atoms with E-state index in [4.69, 9.17) is 0 Å². The molecular weight excluding hydrogens is 334 g/mol. The predicted octanol–water partition coefficient (Wildman–Crippen LogP) is 5.06. The lowest BCUT2D eigenvalue weighted by atomic mass is 10.0. The molecule has 0 aliphatic rings. The molecule has 4 rings (SSSR count). The Balaban J connectivity index is 1.51. The maximum atomic E-state index is 12.6. The van der Waals surface area contributed by atoms with Crippen molar-refractivity contribution >= 4 is 11.6 Å². The maximum Gasteiger partial charge on any atom is 0.255 e. The number of aromatic nitrogens is 2. The fourth-order valence-corrected chi connectivity index (χ4v) is 2.87. The average molecular weight is 351 g/mol. The number of hydrogen-bond donors (Lipinski definition) is 1. The molecular formula is C23H17N3O. The van der Waals surface area contributed by atoms with Crippen molar-refractivity contribution in [1.29, 1.82) is 0 Å². The van der Waals surface area contributed by atoms with Crippen LogP contribution < -0.4 is 5.32 Å². The summed E-state index contributed by atoms with van der Waals surface area (Å²) >= 11 is 0. The number of hydrogen-bond acceptors (Lipinski definition) is 3. The minimum Gasteiger partial charge on any atom is -0.322 e. The minimum absolute atomic E-state index is 0.139. The van der Waals surface area contributed by atoms with E-state index >= 15 is 0 Å². The van der Waals surface area contributed by atoms with Gasteiger partial charge in [-0.05, 0) is 59.2 Å². The number of nitrogens with one attached hydrogen (secondary N) is 1. The Morgan fingerprint density at radius 1 is 0.667 bits per heavy atom. The highest BCUT2D eigenvalue weighted by molar-refractivity contribution is 6.04. The van der Waals surface area contributed by atoms with Gasteiger partial charge in [0.05, 0.1) is 0 Å². The van der Waals surface area contributed by atoms with Crippen molar-refractivity contribution in [1.82, 2.24) is 9.97 Å². The van der Waals surface area contributed by atoms with Crippen LogP contribution in [0.2, 0.25) is 0 Å². The first kappa shape index (κ1) is 16.7. The molecule has 2 aromatic carbocycles. The molecule has 2 aromatic heterocycles. The smallest absolute Gasteiger partial charge is 0.255 e. The minimum atomic E-state index is -0.139. The van der Waals surface area contributed by atoms with Crippen LogP contribution in [0.1, 0.15) is 10.4 Å². The van der Waals surface area contributed by atoms with Gasteiger partial charge in [-0.15, -0.1) is 0 Å². The zero-order chi connectivity index (χ0) is 18.5. The van der Waals surface area contributed by atoms with Crippen LogP contribution in [-0.2, 0) is 0 Å². The van der Waals surface area contributed by atoms with Gasteiger partial charge in [0.15, 0.2) is 0 Å². The highest BCUT2D eigenvalue weighted by Crippen LogP contribution is 2.23. The summed E-state index contributed by atoms with van der Waals surface area (Å²) in [6.07, 6.45) is 7.06. The summed E-state index contributed by atoms with van der Waals surface area (Å²) in [6.45, 7) is 0. The van der Waals surface area contributed by atoms with Crippen LogP contribution in [0.15, 0.2) is 97.6 Å². The van der Waals surface area contributed by atoms with Crippen LogP contribution in [-0.4, -0.2) is 15.9 Å². The van der Waals surface area contributed by atoms with Gasteiger partial charge in [-0.1, -0.05) is 30.3 Å². The highest BCUT2D eigenvalue weighted by atomic mass is 16.1. The fourth-order valence-electron chi connectivity index (χ4n) is 2.87. The number of amides is 1. The predicted molar refractivity (Wildman–Crippen MR) is 107 cm³/mol. The van der Waals surface area contributed by atoms with E-state index in [0.29, 0.717) is 5.56 Å². The first-order valence-corrected chi connectivity index (χ1v) is 8.62. The van der Waals surface area contributed by atoms with Crippen LogP contribution in [0.3, 0.4) is 0 Å². The molecule has 1 amide bonds. The molecule has 4 aromatic rings. The molecule has 1 N–H and O–H groups in total. The van der Waals surface area contributed by atoms with Crippen molar-refractivity contribution in [2.75, 3.05) is 5.32 Å². The van der Waals surface area contributed by atoms with E-state index in [2.05, 4.69) is 15.3 Å². The van der Waals surface area contributed by atoms with E-state index in [0.717, 1.165) is 27.9 Å². The van der Waals surface area contributed by atoms with Gasteiger partial charge in [-0.3, -0.25) is 14.8 Å². The number of nitrogens with zero attached hydrogens (tertiary/aromatic N) is 2. The maximum absolute atomic E-state index is 12.6. The van der Waals surface area contributed by atoms with Gasteiger partial charge in [0.2, 0.25) is 0 Å². The quantitative estimate of drug-likeness (QED) is 0.559. The SMILES string of the molecule is O=C(Nc1cccc(-c2cccnc2)c1)c1ccc(-c2ccncc2)cc1. The van der Waals surface area contributed by atoms with Gasteiger partial charge in [0.25, 0.3) is 5.91 Å². The summed E-state index contributed by atoms with van der Waals surface area (Å²) in [6, 6.07) is 23.1. The molecule has 0 atom stereocenters. The zero-order valence-electron chi connectivity index (χ0n) is 14.5. The molecule has 0 aliphatic heterocycles. The number of benzene rings is 2. The Morgan fingerprint density at radius 2 is 1.41 bits per heavy atom. The molecule has 4 heteroatoms. The third-order valence-corrected chi connectivity index (χ3v) is 4.28. The largest absolute Gasteiger partial charge is 0.322 e. The Morgan fingerprint density at radius 3 is 2.15 bits per heavy atom. The Labute approximate surface area is 157 Å². The van der Waals surface area contributed by atoms with Gasteiger partial charge in [0, 0.05) is 41.6 Å². The normalized spacial score (nSPS) is 10.4. The first-order chi connectivity index (χ1) is 13.3. The number of pyridine rings is 2. The van der Waals surface area contributed by atoms with E-state index in [9.17, 15) is 4.79 Å². The van der Waals surface area contributed by atoms with Crippen molar-refractivity contribution < 1.29 is 4.79 Å². The number of rotatable bonds is 4. The van der Waals surface area contributed by atoms with Crippen molar-refractivity contribution in [3.63, 3.8) is 0 Å². The van der Waals surface area contributed by atoms with Gasteiger partial charge in [-0.2, -0.15) is 0 Å². The molecule has 0 saturated heterocycles. The molecule has 2 heterocycles. The molecule has 130 valence electrons. The van der Waals surface area contributed by atoms with Crippen molar-refractivity contribution in [2.24, 2.45) is 0 Å². The van der Waals surface area contributed by atoms with Crippen LogP contribution in [0.25, 0.3) is 22.3 Å². The molecule has 27 heavy (non-hydrogen) atoms. The lowest BCUT2D eigenvalue weighted by Gasteiger charge is -2.08. The summed E-state index contributed by atoms with van der Waals surface area (Å²) in [5, 5.41) is 2.96. The second-order valence-electron chi connectivity index (χ2n) is 6.09. The molecule has 0 unspecified atom stereocenters. The number of anilines is 1. The topological polar surface area (TPSA) is 54.9 Å². The van der Waals surface area contributed by atoms with Crippen molar-refractivity contribution in [3.05, 3.63) is 103 Å². The summed E-state index contributed by atoms with van der Waals surface area (Å²) in [7, 11) is 0. The monoisotopic (exact) mass is 351 g/mol. The summed E-state index contributed by atoms with van der Waals surface area (Å²) < 4.78 is 0. The summed E-state index contributed by atoms with van der Waals surface area (Å²) in [4.78, 5) is 20.7. The second kappa shape index (κ2) is 7.62. The summed E-state index contributed by atoms with van der Waals surface area (Å²) in [5.41, 5.74) is 5.50. The van der Waals surface area contributed by atoms with Crippen LogP contribution in [0, 0.1) is 0 Å². The number of carbonyl (C=O) groups excluding carboxylic acids is 1. The average Bonchev–Trinajstić information content (AvgIpc) is 2.75. The Hall–Kier alpha value is -3.79. The standard InChI is InChI=1S/C23H17N3O/c27-23(19-8-6-17(7-9-19)18-10-13-24-14-11-18)26-22-5-1-3-20(15-22)21-4-2-12-25-16-21/h1-16H,(H,26,27). The number of carbonyl (C=O) groups is 1. The lowest BCUT2D eigenvalue weighted by molar-refractivity contribution is 0.102. The molecule has 4 nitrogen and oxygen atoms in total. The molecule has 0 saturated carbocycles. The van der Waals surface area contributed by atoms with E-state index in [-0.39, 0.29) is 5.91 Å². The first-order valence-electron chi connectivity index (χ1n) is 8.62. The van der Waals surface area contributed by atoms with Gasteiger partial charge >= 0.3 is 0 Å². The molecule has 0 bridgehead atoms. The van der Waals surface area contributed by atoms with Crippen molar-refractivity contribution in [2.45, 2.75) is 0 Å². The third kappa shape index (κ3) is 3.90. The lowest BCUT2D eigenvalue weighted by Crippen LogP contribution is -2.11. The van der Waals surface area contributed by atoms with Gasteiger partial charge < -0.3 is 5.32 Å². The highest BCUT2D eigenvalue weighted by Gasteiger charge is 2.07. The molecule has 0 spiro atoms. The molecule has 0 radical (unpaired) electrons. The van der Waals surface area contributed by atoms with Crippen LogP contribution in [0.4, 0.5) is 5.69 Å². The van der Waals surface area contributed by atoms with E-state index in [1.807, 2.05) is 72.8 Å².